The molecule has 84 valence electrons. The summed E-state index contributed by atoms with van der Waals surface area (Å²) < 4.78 is 5.17. The average Bonchev–Trinajstić information content (AvgIpc) is 2.35. The van der Waals surface area contributed by atoms with Crippen LogP contribution in [0.15, 0.2) is 36.4 Å². The van der Waals surface area contributed by atoms with Crippen molar-refractivity contribution in [2.45, 2.75) is 6.54 Å². The van der Waals surface area contributed by atoms with Crippen LogP contribution in [0.3, 0.4) is 0 Å². The zero-order valence-electron chi connectivity index (χ0n) is 9.23. The topological polar surface area (TPSA) is 41.5 Å². The molecule has 2 aromatic carbocycles. The normalized spacial score (nSPS) is 10.6. The molecule has 0 aliphatic carbocycles. The van der Waals surface area contributed by atoms with Gasteiger partial charge in [-0.05, 0) is 34.5 Å². The third-order valence-electron chi connectivity index (χ3n) is 2.55. The van der Waals surface area contributed by atoms with Gasteiger partial charge in [0.2, 0.25) is 0 Å². The number of methoxy groups -OCH3 is 1. The fraction of sp³-hybridized carbons (Fsp3) is 0.231. The van der Waals surface area contributed by atoms with Crippen LogP contribution < -0.4 is 10.1 Å². The van der Waals surface area contributed by atoms with Gasteiger partial charge in [0.25, 0.3) is 0 Å². The molecule has 0 spiro atoms. The molecule has 0 fully saturated rings. The monoisotopic (exact) mass is 217 g/mol. The van der Waals surface area contributed by atoms with E-state index in [4.69, 9.17) is 9.84 Å². The van der Waals surface area contributed by atoms with Crippen molar-refractivity contribution < 1.29 is 9.84 Å². The number of rotatable bonds is 4. The molecule has 0 saturated heterocycles. The van der Waals surface area contributed by atoms with Gasteiger partial charge >= 0.3 is 0 Å². The van der Waals surface area contributed by atoms with Crippen LogP contribution in [0.5, 0.6) is 5.75 Å². The molecular weight excluding hydrogens is 202 g/mol. The second-order valence-corrected chi connectivity index (χ2v) is 3.63. The van der Waals surface area contributed by atoms with Crippen molar-refractivity contribution in [3.8, 4) is 5.75 Å². The van der Waals surface area contributed by atoms with Crippen molar-refractivity contribution in [2.24, 2.45) is 0 Å². The van der Waals surface area contributed by atoms with Crippen LogP contribution in [-0.4, -0.2) is 18.9 Å². The largest absolute Gasteiger partial charge is 0.497 e. The Morgan fingerprint density at radius 3 is 2.62 bits per heavy atom. The van der Waals surface area contributed by atoms with Crippen molar-refractivity contribution in [3.05, 3.63) is 42.0 Å². The van der Waals surface area contributed by atoms with Gasteiger partial charge in [-0.3, -0.25) is 5.32 Å². The second-order valence-electron chi connectivity index (χ2n) is 3.63. The van der Waals surface area contributed by atoms with Gasteiger partial charge in [-0.25, -0.2) is 0 Å². The zero-order chi connectivity index (χ0) is 11.4. The van der Waals surface area contributed by atoms with Crippen molar-refractivity contribution in [2.75, 3.05) is 13.8 Å². The summed E-state index contributed by atoms with van der Waals surface area (Å²) in [6.07, 6.45) is 0. The zero-order valence-corrected chi connectivity index (χ0v) is 9.23. The van der Waals surface area contributed by atoms with Crippen LogP contribution in [0.4, 0.5) is 0 Å². The molecule has 2 rings (SSSR count). The highest BCUT2D eigenvalue weighted by Crippen LogP contribution is 2.21. The average molecular weight is 217 g/mol. The first-order valence-electron chi connectivity index (χ1n) is 5.22. The molecule has 0 radical (unpaired) electrons. The van der Waals surface area contributed by atoms with Gasteiger partial charge < -0.3 is 9.84 Å². The van der Waals surface area contributed by atoms with Gasteiger partial charge in [0.1, 0.15) is 5.75 Å². The van der Waals surface area contributed by atoms with Crippen molar-refractivity contribution >= 4 is 10.8 Å². The highest BCUT2D eigenvalue weighted by molar-refractivity contribution is 5.84. The predicted molar refractivity (Wildman–Crippen MR) is 64.4 cm³/mol. The first kappa shape index (κ1) is 10.9. The van der Waals surface area contributed by atoms with Crippen molar-refractivity contribution in [1.82, 2.24) is 5.32 Å². The Morgan fingerprint density at radius 1 is 1.12 bits per heavy atom. The van der Waals surface area contributed by atoms with E-state index in [-0.39, 0.29) is 6.73 Å². The number of aliphatic hydroxyl groups excluding tert-OH is 1. The van der Waals surface area contributed by atoms with Crippen LogP contribution >= 0.6 is 0 Å². The van der Waals surface area contributed by atoms with Gasteiger partial charge in [-0.1, -0.05) is 18.2 Å². The molecule has 0 unspecified atom stereocenters. The molecule has 0 saturated carbocycles. The van der Waals surface area contributed by atoms with Crippen LogP contribution in [0.25, 0.3) is 10.8 Å². The molecule has 0 atom stereocenters. The number of hydrogen-bond donors (Lipinski definition) is 2. The fourth-order valence-corrected chi connectivity index (χ4v) is 1.71. The summed E-state index contributed by atoms with van der Waals surface area (Å²) in [5.74, 6) is 0.869. The van der Waals surface area contributed by atoms with E-state index in [9.17, 15) is 0 Å². The van der Waals surface area contributed by atoms with Crippen LogP contribution in [-0.2, 0) is 6.54 Å². The molecular formula is C13H15NO2. The maximum absolute atomic E-state index is 8.68. The van der Waals surface area contributed by atoms with Gasteiger partial charge in [0, 0.05) is 6.54 Å². The van der Waals surface area contributed by atoms with Crippen LogP contribution in [0, 0.1) is 0 Å². The quantitative estimate of drug-likeness (QED) is 0.768. The maximum Gasteiger partial charge on any atom is 0.119 e. The Labute approximate surface area is 94.7 Å². The lowest BCUT2D eigenvalue weighted by Gasteiger charge is -2.05. The van der Waals surface area contributed by atoms with Crippen molar-refractivity contribution in [1.29, 1.82) is 0 Å². The summed E-state index contributed by atoms with van der Waals surface area (Å²) in [5, 5.41) is 13.9. The van der Waals surface area contributed by atoms with Gasteiger partial charge in [-0.2, -0.15) is 0 Å². The molecule has 2 aromatic rings. The molecule has 3 heteroatoms. The Balaban J connectivity index is 2.32. The fourth-order valence-electron chi connectivity index (χ4n) is 1.71. The van der Waals surface area contributed by atoms with E-state index in [1.165, 1.54) is 5.39 Å². The number of ether oxygens (including phenoxy) is 1. The van der Waals surface area contributed by atoms with E-state index in [0.717, 1.165) is 16.7 Å². The molecule has 0 heterocycles. The van der Waals surface area contributed by atoms with E-state index < -0.39 is 0 Å². The third kappa shape index (κ3) is 2.32. The molecule has 0 bridgehead atoms. The summed E-state index contributed by atoms with van der Waals surface area (Å²) in [7, 11) is 1.67. The first-order chi connectivity index (χ1) is 7.83. The number of aliphatic hydroxyl groups is 1. The van der Waals surface area contributed by atoms with E-state index in [0.29, 0.717) is 6.54 Å². The lowest BCUT2D eigenvalue weighted by atomic mass is 10.1. The number of hydrogen-bond acceptors (Lipinski definition) is 3. The molecule has 0 aliphatic heterocycles. The summed E-state index contributed by atoms with van der Waals surface area (Å²) in [5.41, 5.74) is 1.16. The number of benzene rings is 2. The Morgan fingerprint density at radius 2 is 1.88 bits per heavy atom. The van der Waals surface area contributed by atoms with Crippen LogP contribution in [0.2, 0.25) is 0 Å². The molecule has 0 amide bonds. The lowest BCUT2D eigenvalue weighted by molar-refractivity contribution is 0.259. The van der Waals surface area contributed by atoms with Gasteiger partial charge in [0.15, 0.2) is 0 Å². The predicted octanol–water partition coefficient (Wildman–Crippen LogP) is 1.89. The Kier molecular flexibility index (Phi) is 3.39. The minimum atomic E-state index is 0.000645. The summed E-state index contributed by atoms with van der Waals surface area (Å²) in [6, 6.07) is 12.2. The smallest absolute Gasteiger partial charge is 0.119 e. The lowest BCUT2D eigenvalue weighted by Crippen LogP contribution is -2.13. The SMILES string of the molecule is COc1ccc2cc(CNCO)ccc2c1. The second kappa shape index (κ2) is 4.96. The summed E-state index contributed by atoms with van der Waals surface area (Å²) in [6.45, 7) is 0.680. The van der Waals surface area contributed by atoms with E-state index in [2.05, 4.69) is 17.4 Å². The molecule has 0 aromatic heterocycles. The Bertz CT molecular complexity index is 482. The van der Waals surface area contributed by atoms with Crippen LogP contribution in [0.1, 0.15) is 5.56 Å². The summed E-state index contributed by atoms with van der Waals surface area (Å²) in [4.78, 5) is 0. The van der Waals surface area contributed by atoms with Crippen molar-refractivity contribution in [3.63, 3.8) is 0 Å². The third-order valence-corrected chi connectivity index (χ3v) is 2.55. The molecule has 2 N–H and O–H groups in total. The standard InChI is InChI=1S/C13H15NO2/c1-16-13-5-4-11-6-10(8-14-9-15)2-3-12(11)7-13/h2-7,14-15H,8-9H2,1H3. The molecule has 16 heavy (non-hydrogen) atoms. The van der Waals surface area contributed by atoms with Gasteiger partial charge in [0.05, 0.1) is 13.8 Å². The highest BCUT2D eigenvalue weighted by Gasteiger charge is 1.98. The first-order valence-corrected chi connectivity index (χ1v) is 5.22. The van der Waals surface area contributed by atoms with E-state index in [1.54, 1.807) is 7.11 Å². The molecule has 0 aliphatic rings. The Hall–Kier alpha value is -1.58. The summed E-state index contributed by atoms with van der Waals surface area (Å²) >= 11 is 0. The maximum atomic E-state index is 8.68. The molecule has 3 nitrogen and oxygen atoms in total. The minimum Gasteiger partial charge on any atom is -0.497 e. The van der Waals surface area contributed by atoms with E-state index in [1.807, 2.05) is 24.3 Å². The number of fused-ring (bicyclic) bond motifs is 1. The van der Waals surface area contributed by atoms with E-state index >= 15 is 0 Å². The van der Waals surface area contributed by atoms with Gasteiger partial charge in [-0.15, -0.1) is 0 Å². The highest BCUT2D eigenvalue weighted by atomic mass is 16.5. The minimum absolute atomic E-state index is 0.000645. The number of nitrogens with one attached hydrogen (secondary N) is 1.